The van der Waals surface area contributed by atoms with Gasteiger partial charge >= 0.3 is 5.97 Å². The summed E-state index contributed by atoms with van der Waals surface area (Å²) in [5, 5.41) is 14.9. The molecular weight excluding hydrogens is 372 g/mol. The molecule has 0 aromatic carbocycles. The van der Waals surface area contributed by atoms with Gasteiger partial charge in [-0.2, -0.15) is 0 Å². The van der Waals surface area contributed by atoms with Crippen molar-refractivity contribution in [1.82, 2.24) is 10.6 Å². The molecule has 0 radical (unpaired) electrons. The van der Waals surface area contributed by atoms with Crippen LogP contribution in [0, 0.1) is 0 Å². The molecule has 1 rings (SSSR count). The van der Waals surface area contributed by atoms with Gasteiger partial charge in [0.25, 0.3) is 0 Å². The minimum Gasteiger partial charge on any atom is -0.481 e. The molecule has 0 atom stereocenters. The van der Waals surface area contributed by atoms with Crippen molar-refractivity contribution in [2.24, 2.45) is 0 Å². The van der Waals surface area contributed by atoms with E-state index in [1.54, 1.807) is 0 Å². The number of hydrogen-bond donors (Lipinski definition) is 3. The number of carboxylic acid groups (broad SMARTS) is 1. The van der Waals surface area contributed by atoms with Gasteiger partial charge in [-0.05, 0) is 44.9 Å². The van der Waals surface area contributed by atoms with Gasteiger partial charge in [-0.1, -0.05) is 79.8 Å². The molecule has 0 aromatic heterocycles. The first kappa shape index (κ1) is 27.8. The van der Waals surface area contributed by atoms with E-state index in [1.165, 1.54) is 0 Å². The molecule has 0 bridgehead atoms. The first-order valence-corrected chi connectivity index (χ1v) is 11.3. The van der Waals surface area contributed by atoms with E-state index >= 15 is 0 Å². The Morgan fingerprint density at radius 3 is 1.27 bits per heavy atom. The SMILES string of the molecule is C1CNCCN1.CC/C=C\C/C=C\C/C=C\C/C=C\C/C=C\C/C=C\CCC(=O)O. The average Bonchev–Trinajstić information content (AvgIpc) is 2.77. The highest BCUT2D eigenvalue weighted by molar-refractivity contribution is 5.66. The lowest BCUT2D eigenvalue weighted by molar-refractivity contribution is -0.136. The van der Waals surface area contributed by atoms with Crippen LogP contribution in [0.3, 0.4) is 0 Å². The normalized spacial score (nSPS) is 15.2. The maximum Gasteiger partial charge on any atom is 0.303 e. The summed E-state index contributed by atoms with van der Waals surface area (Å²) >= 11 is 0. The van der Waals surface area contributed by atoms with Crippen molar-refractivity contribution < 1.29 is 9.90 Å². The van der Waals surface area contributed by atoms with Crippen molar-refractivity contribution in [2.45, 2.75) is 58.3 Å². The van der Waals surface area contributed by atoms with Crippen LogP contribution in [0.15, 0.2) is 72.9 Å². The number of allylic oxidation sites excluding steroid dienone is 12. The van der Waals surface area contributed by atoms with Gasteiger partial charge in [0, 0.05) is 32.6 Å². The molecule has 0 saturated carbocycles. The number of piperazine rings is 1. The summed E-state index contributed by atoms with van der Waals surface area (Å²) in [6.07, 6.45) is 32.5. The fourth-order valence-electron chi connectivity index (χ4n) is 2.45. The molecule has 1 saturated heterocycles. The highest BCUT2D eigenvalue weighted by atomic mass is 16.4. The molecule has 4 heteroatoms. The number of carbonyl (C=O) groups is 1. The number of carboxylic acids is 1. The zero-order valence-corrected chi connectivity index (χ0v) is 18.8. The molecule has 1 fully saturated rings. The van der Waals surface area contributed by atoms with Crippen LogP contribution in [0.4, 0.5) is 0 Å². The summed E-state index contributed by atoms with van der Waals surface area (Å²) in [6, 6.07) is 0. The lowest BCUT2D eigenvalue weighted by Crippen LogP contribution is -2.39. The smallest absolute Gasteiger partial charge is 0.303 e. The van der Waals surface area contributed by atoms with E-state index in [0.717, 1.165) is 64.7 Å². The Hall–Kier alpha value is -2.17. The molecular formula is C26H42N2O2. The quantitative estimate of drug-likeness (QED) is 0.318. The third kappa shape index (κ3) is 25.8. The molecule has 0 unspecified atom stereocenters. The highest BCUT2D eigenvalue weighted by Crippen LogP contribution is 1.97. The molecule has 4 nitrogen and oxygen atoms in total. The van der Waals surface area contributed by atoms with Gasteiger partial charge in [0.2, 0.25) is 0 Å². The average molecular weight is 415 g/mol. The second-order valence-electron chi connectivity index (χ2n) is 6.85. The Kier molecular flexibility index (Phi) is 23.1. The maximum absolute atomic E-state index is 10.3. The van der Waals surface area contributed by atoms with Crippen molar-refractivity contribution in [1.29, 1.82) is 0 Å². The van der Waals surface area contributed by atoms with Gasteiger partial charge in [0.1, 0.15) is 0 Å². The molecule has 0 amide bonds. The highest BCUT2D eigenvalue weighted by Gasteiger charge is 1.91. The summed E-state index contributed by atoms with van der Waals surface area (Å²) in [4.78, 5) is 10.3. The van der Waals surface area contributed by atoms with Crippen LogP contribution in [0.1, 0.15) is 58.3 Å². The Bertz CT molecular complexity index is 542. The van der Waals surface area contributed by atoms with Crippen molar-refractivity contribution in [3.8, 4) is 0 Å². The molecule has 0 aliphatic carbocycles. The zero-order chi connectivity index (χ0) is 22.0. The fraction of sp³-hybridized carbons (Fsp3) is 0.500. The van der Waals surface area contributed by atoms with Crippen LogP contribution < -0.4 is 10.6 Å². The standard InChI is InChI=1S/C22H32O2.C4H10N2/c1-2-3-4-5-6-7-8-9-10-11-12-13-14-15-16-17-18-19-20-21-22(23)24;1-2-6-4-3-5-1/h3-4,6-7,9-10,12-13,15-16,18-19H,2,5,8,11,14,17,20-21H2,1H3,(H,23,24);5-6H,1-4H2/b4-3-,7-6-,10-9-,13-12-,16-15-,19-18-;. The van der Waals surface area contributed by atoms with E-state index in [9.17, 15) is 4.79 Å². The first-order valence-electron chi connectivity index (χ1n) is 11.3. The summed E-state index contributed by atoms with van der Waals surface area (Å²) in [5.41, 5.74) is 0. The van der Waals surface area contributed by atoms with Crippen molar-refractivity contribution >= 4 is 5.97 Å². The topological polar surface area (TPSA) is 61.4 Å². The summed E-state index contributed by atoms with van der Waals surface area (Å²) in [7, 11) is 0. The molecule has 0 spiro atoms. The van der Waals surface area contributed by atoms with E-state index in [0.29, 0.717) is 6.42 Å². The lowest BCUT2D eigenvalue weighted by atomic mass is 10.2. The van der Waals surface area contributed by atoms with Gasteiger partial charge in [-0.15, -0.1) is 0 Å². The lowest BCUT2D eigenvalue weighted by Gasteiger charge is -2.11. The maximum atomic E-state index is 10.3. The van der Waals surface area contributed by atoms with Gasteiger partial charge < -0.3 is 15.7 Å². The Morgan fingerprint density at radius 2 is 0.967 bits per heavy atom. The number of rotatable bonds is 14. The fourth-order valence-corrected chi connectivity index (χ4v) is 2.45. The minimum atomic E-state index is -0.741. The molecule has 1 aliphatic rings. The predicted octanol–water partition coefficient (Wildman–Crippen LogP) is 5.73. The van der Waals surface area contributed by atoms with Gasteiger partial charge in [-0.25, -0.2) is 0 Å². The van der Waals surface area contributed by atoms with Crippen molar-refractivity contribution in [3.05, 3.63) is 72.9 Å². The van der Waals surface area contributed by atoms with E-state index in [4.69, 9.17) is 5.11 Å². The van der Waals surface area contributed by atoms with Gasteiger partial charge in [0.05, 0.1) is 0 Å². The minimum absolute atomic E-state index is 0.210. The molecule has 0 aromatic rings. The first-order chi connectivity index (χ1) is 14.8. The van der Waals surface area contributed by atoms with Crippen LogP contribution in [-0.4, -0.2) is 37.3 Å². The van der Waals surface area contributed by atoms with Crippen molar-refractivity contribution in [3.63, 3.8) is 0 Å². The molecule has 3 N–H and O–H groups in total. The number of nitrogens with one attached hydrogen (secondary N) is 2. The second-order valence-corrected chi connectivity index (χ2v) is 6.85. The Balaban J connectivity index is 0.00000118. The molecule has 30 heavy (non-hydrogen) atoms. The number of aliphatic carboxylic acids is 1. The van der Waals surface area contributed by atoms with Crippen LogP contribution in [0.5, 0.6) is 0 Å². The molecule has 1 heterocycles. The Labute approximate surface area is 184 Å². The van der Waals surface area contributed by atoms with E-state index in [2.05, 4.69) is 78.3 Å². The zero-order valence-electron chi connectivity index (χ0n) is 18.8. The summed E-state index contributed by atoms with van der Waals surface area (Å²) < 4.78 is 0. The summed E-state index contributed by atoms with van der Waals surface area (Å²) in [5.74, 6) is -0.741. The van der Waals surface area contributed by atoms with Gasteiger partial charge in [0.15, 0.2) is 0 Å². The molecule has 168 valence electrons. The van der Waals surface area contributed by atoms with Crippen LogP contribution in [-0.2, 0) is 4.79 Å². The van der Waals surface area contributed by atoms with Gasteiger partial charge in [-0.3, -0.25) is 4.79 Å². The van der Waals surface area contributed by atoms with E-state index in [-0.39, 0.29) is 6.42 Å². The van der Waals surface area contributed by atoms with E-state index < -0.39 is 5.97 Å². The molecule has 1 aliphatic heterocycles. The van der Waals surface area contributed by atoms with Crippen molar-refractivity contribution in [2.75, 3.05) is 26.2 Å². The monoisotopic (exact) mass is 414 g/mol. The van der Waals surface area contributed by atoms with E-state index in [1.807, 2.05) is 12.2 Å². The Morgan fingerprint density at radius 1 is 0.633 bits per heavy atom. The van der Waals surface area contributed by atoms with Crippen LogP contribution >= 0.6 is 0 Å². The van der Waals surface area contributed by atoms with Crippen LogP contribution in [0.25, 0.3) is 0 Å². The third-order valence-electron chi connectivity index (χ3n) is 4.08. The van der Waals surface area contributed by atoms with Crippen LogP contribution in [0.2, 0.25) is 0 Å². The second kappa shape index (κ2) is 24.9. The summed E-state index contributed by atoms with van der Waals surface area (Å²) in [6.45, 7) is 6.70. The number of hydrogen-bond acceptors (Lipinski definition) is 3. The predicted molar refractivity (Wildman–Crippen MR) is 131 cm³/mol. The largest absolute Gasteiger partial charge is 0.481 e. The third-order valence-corrected chi connectivity index (χ3v) is 4.08.